The minimum absolute atomic E-state index is 0.155. The monoisotopic (exact) mass is 278 g/mol. The number of fused-ring (bicyclic) bond motifs is 4. The van der Waals surface area contributed by atoms with Gasteiger partial charge in [0.2, 0.25) is 0 Å². The minimum atomic E-state index is -0.493. The average molecular weight is 278 g/mol. The highest BCUT2D eigenvalue weighted by Gasteiger charge is 2.49. The predicted octanol–water partition coefficient (Wildman–Crippen LogP) is 2.35. The van der Waals surface area contributed by atoms with E-state index in [-0.39, 0.29) is 12.0 Å². The van der Waals surface area contributed by atoms with Crippen LogP contribution in [-0.4, -0.2) is 17.4 Å². The molecule has 2 bridgehead atoms. The van der Waals surface area contributed by atoms with E-state index in [0.29, 0.717) is 11.7 Å². The van der Waals surface area contributed by atoms with Gasteiger partial charge in [-0.3, -0.25) is 0 Å². The lowest BCUT2D eigenvalue weighted by atomic mass is 9.82. The molecule has 0 saturated carbocycles. The van der Waals surface area contributed by atoms with Gasteiger partial charge < -0.3 is 20.1 Å². The molecule has 0 spiro atoms. The van der Waals surface area contributed by atoms with Gasteiger partial charge in [-0.15, -0.1) is 0 Å². The van der Waals surface area contributed by atoms with Gasteiger partial charge in [0, 0.05) is 11.5 Å². The van der Waals surface area contributed by atoms with Crippen LogP contribution in [0.15, 0.2) is 18.2 Å². The summed E-state index contributed by atoms with van der Waals surface area (Å²) in [7, 11) is 0. The van der Waals surface area contributed by atoms with Gasteiger partial charge in [0.1, 0.15) is 0 Å². The summed E-state index contributed by atoms with van der Waals surface area (Å²) in [5, 5.41) is 7.20. The molecule has 5 heteroatoms. The lowest BCUT2D eigenvalue weighted by Crippen LogP contribution is -2.67. The maximum atomic E-state index is 6.19. The van der Waals surface area contributed by atoms with Crippen molar-refractivity contribution in [1.82, 2.24) is 10.6 Å². The van der Waals surface area contributed by atoms with Gasteiger partial charge in [-0.2, -0.15) is 0 Å². The summed E-state index contributed by atoms with van der Waals surface area (Å²) < 4.78 is 11.9. The molecule has 0 aliphatic carbocycles. The van der Waals surface area contributed by atoms with Crippen molar-refractivity contribution in [3.8, 4) is 11.5 Å². The van der Waals surface area contributed by atoms with Crippen molar-refractivity contribution in [2.24, 2.45) is 5.92 Å². The van der Waals surface area contributed by atoms with Crippen LogP contribution in [0.3, 0.4) is 0 Å². The number of benzene rings is 1. The summed E-state index contributed by atoms with van der Waals surface area (Å²) >= 11 is 5.26. The molecule has 2 heterocycles. The largest absolute Gasteiger partial charge is 0.490 e. The third-order valence-corrected chi connectivity index (χ3v) is 4.20. The van der Waals surface area contributed by atoms with Crippen LogP contribution in [0.5, 0.6) is 11.5 Å². The van der Waals surface area contributed by atoms with Gasteiger partial charge in [0.05, 0.1) is 12.6 Å². The van der Waals surface area contributed by atoms with Gasteiger partial charge in [0.15, 0.2) is 22.3 Å². The molecule has 3 rings (SSSR count). The Bertz CT molecular complexity index is 534. The van der Waals surface area contributed by atoms with Crippen molar-refractivity contribution in [3.05, 3.63) is 23.8 Å². The fraction of sp³-hybridized carbons (Fsp3) is 0.500. The first-order valence-electron chi connectivity index (χ1n) is 6.58. The number of rotatable bonds is 2. The van der Waals surface area contributed by atoms with Crippen molar-refractivity contribution >= 4 is 17.3 Å². The summed E-state index contributed by atoms with van der Waals surface area (Å²) in [5.74, 6) is 1.88. The summed E-state index contributed by atoms with van der Waals surface area (Å²) in [6.45, 7) is 6.78. The minimum Gasteiger partial charge on any atom is -0.490 e. The molecule has 3 atom stereocenters. The van der Waals surface area contributed by atoms with E-state index in [4.69, 9.17) is 21.7 Å². The predicted molar refractivity (Wildman–Crippen MR) is 77.4 cm³/mol. The summed E-state index contributed by atoms with van der Waals surface area (Å²) in [4.78, 5) is 0. The fourth-order valence-corrected chi connectivity index (χ4v) is 3.12. The summed E-state index contributed by atoms with van der Waals surface area (Å²) in [6, 6.07) is 6.16. The Labute approximate surface area is 118 Å². The van der Waals surface area contributed by atoms with E-state index in [9.17, 15) is 0 Å². The average Bonchev–Trinajstić information content (AvgIpc) is 2.34. The quantitative estimate of drug-likeness (QED) is 0.813. The Morgan fingerprint density at radius 2 is 2.26 bits per heavy atom. The van der Waals surface area contributed by atoms with Gasteiger partial charge in [-0.1, -0.05) is 19.1 Å². The van der Waals surface area contributed by atoms with E-state index in [0.717, 1.165) is 17.1 Å². The number of thiocarbonyl (C=S) groups is 1. The van der Waals surface area contributed by atoms with Crippen molar-refractivity contribution in [2.45, 2.75) is 32.5 Å². The normalized spacial score (nSPS) is 31.6. The van der Waals surface area contributed by atoms with Crippen LogP contribution in [0.1, 0.15) is 32.4 Å². The molecule has 1 aromatic rings. The molecule has 102 valence electrons. The highest BCUT2D eigenvalue weighted by molar-refractivity contribution is 7.80. The Morgan fingerprint density at radius 1 is 1.47 bits per heavy atom. The molecular weight excluding hydrogens is 260 g/mol. The van der Waals surface area contributed by atoms with Crippen molar-refractivity contribution < 1.29 is 9.47 Å². The smallest absolute Gasteiger partial charge is 0.184 e. The van der Waals surface area contributed by atoms with E-state index in [1.54, 1.807) is 0 Å². The Kier molecular flexibility index (Phi) is 2.82. The summed E-state index contributed by atoms with van der Waals surface area (Å²) in [6.07, 6.45) is 0. The third-order valence-electron chi connectivity index (χ3n) is 3.98. The molecule has 0 aromatic heterocycles. The summed E-state index contributed by atoms with van der Waals surface area (Å²) in [5.41, 5.74) is 0.618. The van der Waals surface area contributed by atoms with Crippen LogP contribution < -0.4 is 20.1 Å². The molecule has 1 saturated heterocycles. The van der Waals surface area contributed by atoms with E-state index in [1.807, 2.05) is 26.0 Å². The zero-order valence-electron chi connectivity index (χ0n) is 11.3. The maximum absolute atomic E-state index is 6.19. The van der Waals surface area contributed by atoms with E-state index < -0.39 is 5.72 Å². The highest BCUT2D eigenvalue weighted by atomic mass is 32.1. The first-order valence-corrected chi connectivity index (χ1v) is 6.99. The van der Waals surface area contributed by atoms with Crippen molar-refractivity contribution in [3.63, 3.8) is 0 Å². The third kappa shape index (κ3) is 1.84. The number of para-hydroxylation sites is 1. The first-order chi connectivity index (χ1) is 9.05. The highest BCUT2D eigenvalue weighted by Crippen LogP contribution is 2.48. The number of nitrogens with one attached hydrogen (secondary N) is 2. The SMILES string of the molecule is CCOc1cccc2c1OC1(C)NC(=S)NC2C1C. The first kappa shape index (κ1) is 12.5. The zero-order valence-corrected chi connectivity index (χ0v) is 12.1. The van der Waals surface area contributed by atoms with E-state index >= 15 is 0 Å². The molecule has 2 aliphatic heterocycles. The molecule has 1 aromatic carbocycles. The Hall–Kier alpha value is -1.49. The van der Waals surface area contributed by atoms with E-state index in [1.165, 1.54) is 0 Å². The van der Waals surface area contributed by atoms with Gasteiger partial charge >= 0.3 is 0 Å². The van der Waals surface area contributed by atoms with Gasteiger partial charge in [-0.25, -0.2) is 0 Å². The van der Waals surface area contributed by atoms with Crippen LogP contribution in [0.4, 0.5) is 0 Å². The standard InChI is InChI=1S/C14H18N2O2S/c1-4-17-10-7-5-6-9-11-8(2)14(3,18-12(9)10)16-13(19)15-11/h5-8,11H,4H2,1-3H3,(H2,15,16,19). The van der Waals surface area contributed by atoms with Gasteiger partial charge in [0.25, 0.3) is 0 Å². The molecule has 19 heavy (non-hydrogen) atoms. The lowest BCUT2D eigenvalue weighted by molar-refractivity contribution is -0.0286. The second-order valence-electron chi connectivity index (χ2n) is 5.18. The lowest BCUT2D eigenvalue weighted by Gasteiger charge is -2.50. The van der Waals surface area contributed by atoms with Crippen LogP contribution >= 0.6 is 12.2 Å². The number of ether oxygens (including phenoxy) is 2. The topological polar surface area (TPSA) is 42.5 Å². The molecule has 4 nitrogen and oxygen atoms in total. The molecule has 2 N–H and O–H groups in total. The van der Waals surface area contributed by atoms with Crippen LogP contribution in [0, 0.1) is 5.92 Å². The molecule has 2 aliphatic rings. The maximum Gasteiger partial charge on any atom is 0.184 e. The second kappa shape index (κ2) is 4.27. The van der Waals surface area contributed by atoms with Crippen LogP contribution in [0.25, 0.3) is 0 Å². The molecule has 0 radical (unpaired) electrons. The van der Waals surface area contributed by atoms with Crippen molar-refractivity contribution in [1.29, 1.82) is 0 Å². The van der Waals surface area contributed by atoms with Crippen LogP contribution in [0.2, 0.25) is 0 Å². The van der Waals surface area contributed by atoms with Crippen molar-refractivity contribution in [2.75, 3.05) is 6.61 Å². The van der Waals surface area contributed by atoms with Crippen LogP contribution in [-0.2, 0) is 0 Å². The second-order valence-corrected chi connectivity index (χ2v) is 5.59. The fourth-order valence-electron chi connectivity index (χ4n) is 2.79. The Morgan fingerprint density at radius 3 is 3.00 bits per heavy atom. The van der Waals surface area contributed by atoms with Gasteiger partial charge in [-0.05, 0) is 32.1 Å². The number of hydrogen-bond donors (Lipinski definition) is 2. The zero-order chi connectivity index (χ0) is 13.6. The molecule has 1 fully saturated rings. The molecule has 0 amide bonds. The Balaban J connectivity index is 2.12. The number of hydrogen-bond acceptors (Lipinski definition) is 3. The molecular formula is C14H18N2O2S. The van der Waals surface area contributed by atoms with E-state index in [2.05, 4.69) is 23.6 Å². The molecule has 3 unspecified atom stereocenters.